The van der Waals surface area contributed by atoms with Crippen LogP contribution < -0.4 is 5.32 Å². The molecule has 1 saturated heterocycles. The number of benzene rings is 1. The number of hydrogen-bond acceptors (Lipinski definition) is 3. The molecular weight excluding hydrogens is 338 g/mol. The minimum absolute atomic E-state index is 0.0175. The van der Waals surface area contributed by atoms with Crippen LogP contribution in [0.3, 0.4) is 0 Å². The molecule has 6 heteroatoms. The van der Waals surface area contributed by atoms with E-state index >= 15 is 0 Å². The molecule has 1 aromatic carbocycles. The molecule has 0 saturated carbocycles. The van der Waals surface area contributed by atoms with Crippen LogP contribution in [0.5, 0.6) is 0 Å². The van der Waals surface area contributed by atoms with Crippen molar-refractivity contribution in [1.29, 1.82) is 0 Å². The lowest BCUT2D eigenvalue weighted by Gasteiger charge is -2.31. The third kappa shape index (κ3) is 4.17. The minimum atomic E-state index is -0.101. The summed E-state index contributed by atoms with van der Waals surface area (Å²) in [6.45, 7) is 3.05. The second kappa shape index (κ2) is 7.66. The molecule has 0 unspecified atom stereocenters. The average molecular weight is 358 g/mol. The van der Waals surface area contributed by atoms with Crippen molar-refractivity contribution in [3.05, 3.63) is 58.7 Å². The molecule has 25 heavy (non-hydrogen) atoms. The van der Waals surface area contributed by atoms with Crippen LogP contribution in [-0.4, -0.2) is 34.8 Å². The molecule has 130 valence electrons. The van der Waals surface area contributed by atoms with Crippen LogP contribution in [0.4, 0.5) is 5.82 Å². The number of carbonyl (C=O) groups is 2. The van der Waals surface area contributed by atoms with Crippen LogP contribution >= 0.6 is 11.6 Å². The van der Waals surface area contributed by atoms with Gasteiger partial charge in [0.1, 0.15) is 5.82 Å². The van der Waals surface area contributed by atoms with Crippen molar-refractivity contribution in [2.45, 2.75) is 19.8 Å². The number of carbonyl (C=O) groups excluding carboxylic acids is 2. The Morgan fingerprint density at radius 3 is 2.48 bits per heavy atom. The van der Waals surface area contributed by atoms with Gasteiger partial charge in [-0.05, 0) is 55.7 Å². The van der Waals surface area contributed by atoms with Crippen LogP contribution in [0.1, 0.15) is 28.8 Å². The summed E-state index contributed by atoms with van der Waals surface area (Å²) in [5, 5.41) is 3.50. The molecule has 0 spiro atoms. The number of pyridine rings is 1. The van der Waals surface area contributed by atoms with Crippen LogP contribution in [0, 0.1) is 12.8 Å². The second-order valence-electron chi connectivity index (χ2n) is 6.23. The lowest BCUT2D eigenvalue weighted by molar-refractivity contribution is -0.121. The molecule has 0 bridgehead atoms. The Labute approximate surface area is 152 Å². The number of nitrogens with zero attached hydrogens (tertiary/aromatic N) is 2. The first-order valence-electron chi connectivity index (χ1n) is 8.32. The number of nitrogens with one attached hydrogen (secondary N) is 1. The number of aryl methyl sites for hydroxylation is 1. The summed E-state index contributed by atoms with van der Waals surface area (Å²) in [6, 6.07) is 10.6. The Bertz CT molecular complexity index is 768. The number of aromatic nitrogens is 1. The third-order valence-electron chi connectivity index (χ3n) is 4.50. The number of hydrogen-bond donors (Lipinski definition) is 1. The Hall–Kier alpha value is -2.40. The molecule has 0 aliphatic carbocycles. The van der Waals surface area contributed by atoms with E-state index in [1.54, 1.807) is 35.4 Å². The topological polar surface area (TPSA) is 62.3 Å². The summed E-state index contributed by atoms with van der Waals surface area (Å²) in [6.07, 6.45) is 2.96. The number of likely N-dealkylation sites (tertiary alicyclic amines) is 1. The maximum atomic E-state index is 12.5. The molecule has 1 fully saturated rings. The highest BCUT2D eigenvalue weighted by Crippen LogP contribution is 2.22. The first-order chi connectivity index (χ1) is 12.0. The first kappa shape index (κ1) is 17.4. The van der Waals surface area contributed by atoms with E-state index in [0.29, 0.717) is 42.3 Å². The fourth-order valence-electron chi connectivity index (χ4n) is 2.96. The van der Waals surface area contributed by atoms with Gasteiger partial charge in [-0.1, -0.05) is 17.7 Å². The Balaban J connectivity index is 1.56. The molecule has 2 aromatic rings. The average Bonchev–Trinajstić information content (AvgIpc) is 2.64. The number of piperidine rings is 1. The predicted octanol–water partition coefficient (Wildman–Crippen LogP) is 3.53. The summed E-state index contributed by atoms with van der Waals surface area (Å²) in [7, 11) is 0. The zero-order valence-electron chi connectivity index (χ0n) is 14.0. The highest BCUT2D eigenvalue weighted by Gasteiger charge is 2.28. The van der Waals surface area contributed by atoms with Gasteiger partial charge >= 0.3 is 0 Å². The third-order valence-corrected chi connectivity index (χ3v) is 4.75. The summed E-state index contributed by atoms with van der Waals surface area (Å²) < 4.78 is 0. The monoisotopic (exact) mass is 357 g/mol. The predicted molar refractivity (Wildman–Crippen MR) is 97.7 cm³/mol. The van der Waals surface area contributed by atoms with E-state index in [1.807, 2.05) is 19.1 Å². The van der Waals surface area contributed by atoms with Gasteiger partial charge in [-0.3, -0.25) is 9.59 Å². The van der Waals surface area contributed by atoms with Gasteiger partial charge in [0.05, 0.1) is 0 Å². The molecule has 0 atom stereocenters. The second-order valence-corrected chi connectivity index (χ2v) is 6.67. The van der Waals surface area contributed by atoms with E-state index in [2.05, 4.69) is 10.3 Å². The number of halogens is 1. The van der Waals surface area contributed by atoms with E-state index in [-0.39, 0.29) is 17.7 Å². The SMILES string of the molecule is Cc1cccnc1NC(=O)C1CCN(C(=O)c2ccc(Cl)cc2)CC1. The summed E-state index contributed by atoms with van der Waals surface area (Å²) >= 11 is 5.86. The van der Waals surface area contributed by atoms with Crippen molar-refractivity contribution in [1.82, 2.24) is 9.88 Å². The van der Waals surface area contributed by atoms with Crippen molar-refractivity contribution in [2.24, 2.45) is 5.92 Å². The molecule has 1 aliphatic heterocycles. The highest BCUT2D eigenvalue weighted by atomic mass is 35.5. The van der Waals surface area contributed by atoms with E-state index < -0.39 is 0 Å². The molecule has 0 radical (unpaired) electrons. The minimum Gasteiger partial charge on any atom is -0.339 e. The normalized spacial score (nSPS) is 15.0. The maximum Gasteiger partial charge on any atom is 0.253 e. The van der Waals surface area contributed by atoms with Gasteiger partial charge in [0, 0.05) is 35.8 Å². The van der Waals surface area contributed by atoms with Gasteiger partial charge in [-0.15, -0.1) is 0 Å². The zero-order valence-corrected chi connectivity index (χ0v) is 14.8. The van der Waals surface area contributed by atoms with E-state index in [9.17, 15) is 9.59 Å². The molecule has 1 aliphatic rings. The van der Waals surface area contributed by atoms with Gasteiger partial charge in [0.2, 0.25) is 5.91 Å². The van der Waals surface area contributed by atoms with Crippen molar-refractivity contribution in [2.75, 3.05) is 18.4 Å². The maximum absolute atomic E-state index is 12.5. The van der Waals surface area contributed by atoms with Gasteiger partial charge in [-0.2, -0.15) is 0 Å². The Morgan fingerprint density at radius 2 is 1.84 bits per heavy atom. The van der Waals surface area contributed by atoms with Gasteiger partial charge in [-0.25, -0.2) is 4.98 Å². The summed E-state index contributed by atoms with van der Waals surface area (Å²) in [5.74, 6) is 0.458. The number of rotatable bonds is 3. The lowest BCUT2D eigenvalue weighted by Crippen LogP contribution is -2.41. The van der Waals surface area contributed by atoms with E-state index in [1.165, 1.54) is 0 Å². The van der Waals surface area contributed by atoms with Crippen molar-refractivity contribution in [3.63, 3.8) is 0 Å². The van der Waals surface area contributed by atoms with Crippen LogP contribution in [0.2, 0.25) is 5.02 Å². The summed E-state index contributed by atoms with van der Waals surface area (Å²) in [5.41, 5.74) is 1.56. The standard InChI is InChI=1S/C19H20ClN3O2/c1-13-3-2-10-21-17(13)22-18(24)14-8-11-23(12-9-14)19(25)15-4-6-16(20)7-5-15/h2-7,10,14H,8-9,11-12H2,1H3,(H,21,22,24). The molecule has 5 nitrogen and oxygen atoms in total. The molecule has 2 amide bonds. The van der Waals surface area contributed by atoms with Crippen LogP contribution in [0.15, 0.2) is 42.6 Å². The van der Waals surface area contributed by atoms with Crippen LogP contribution in [0.25, 0.3) is 0 Å². The first-order valence-corrected chi connectivity index (χ1v) is 8.69. The smallest absolute Gasteiger partial charge is 0.253 e. The molecule has 2 heterocycles. The van der Waals surface area contributed by atoms with Crippen molar-refractivity contribution in [3.8, 4) is 0 Å². The van der Waals surface area contributed by atoms with Gasteiger partial charge in [0.25, 0.3) is 5.91 Å². The number of amides is 2. The molecule has 1 aromatic heterocycles. The van der Waals surface area contributed by atoms with E-state index in [4.69, 9.17) is 11.6 Å². The largest absolute Gasteiger partial charge is 0.339 e. The Morgan fingerprint density at radius 1 is 1.16 bits per heavy atom. The van der Waals surface area contributed by atoms with Crippen molar-refractivity contribution < 1.29 is 9.59 Å². The zero-order chi connectivity index (χ0) is 17.8. The molecule has 3 rings (SSSR count). The highest BCUT2D eigenvalue weighted by molar-refractivity contribution is 6.30. The molecular formula is C19H20ClN3O2. The summed E-state index contributed by atoms with van der Waals surface area (Å²) in [4.78, 5) is 30.9. The number of anilines is 1. The fourth-order valence-corrected chi connectivity index (χ4v) is 3.08. The Kier molecular flexibility index (Phi) is 5.34. The van der Waals surface area contributed by atoms with Gasteiger partial charge in [0.15, 0.2) is 0 Å². The fraction of sp³-hybridized carbons (Fsp3) is 0.316. The quantitative estimate of drug-likeness (QED) is 0.913. The van der Waals surface area contributed by atoms with Gasteiger partial charge < -0.3 is 10.2 Å². The molecule has 1 N–H and O–H groups in total. The lowest BCUT2D eigenvalue weighted by atomic mass is 9.95. The van der Waals surface area contributed by atoms with Crippen molar-refractivity contribution >= 4 is 29.2 Å². The van der Waals surface area contributed by atoms with Crippen LogP contribution in [-0.2, 0) is 4.79 Å². The van der Waals surface area contributed by atoms with E-state index in [0.717, 1.165) is 5.56 Å².